The minimum atomic E-state index is -5.08. The van der Waals surface area contributed by atoms with Crippen LogP contribution in [0.3, 0.4) is 0 Å². The summed E-state index contributed by atoms with van der Waals surface area (Å²) in [6.45, 7) is 0.0527. The first-order chi connectivity index (χ1) is 25.2. The number of aliphatic carboxylic acids is 2. The standard InChI is InChI=1S/C22H23Br4ClN10O4.2C2HF3O2/c23-7-1-9(32-13(7)25)15(38)30-3-5-6(4-31-16(39)10-2-8(24)14(26)33-10)12(27)21-11(5)22(41)17(34-19(28)36-22)37(21)20(29)35-18(21)40;2*3-2(4,5)1(6)7/h1-2,5-6,11-12,17-18,32-33,40-41H,3-4H2,(H2,29,35)(H,30,38)(H,31,39)(H3,28,34,36);2*(H,6,7)/t5-,6-,11+,12+,17-,18+,21+,22-;;/m1../s1. The molecule has 2 amide bonds. The highest BCUT2D eigenvalue weighted by molar-refractivity contribution is 9.13. The van der Waals surface area contributed by atoms with Crippen LogP contribution in [0.2, 0.25) is 0 Å². The number of aliphatic hydroxyl groups is 2. The first-order valence-corrected chi connectivity index (χ1v) is 18.3. The number of halogens is 11. The number of carbonyl (C=O) groups excluding carboxylic acids is 2. The molecule has 3 aliphatic heterocycles. The number of carboxylic acids is 2. The number of nitrogens with one attached hydrogen (secondary N) is 5. The van der Waals surface area contributed by atoms with Gasteiger partial charge in [0.2, 0.25) is 0 Å². The highest BCUT2D eigenvalue weighted by atomic mass is 79.9. The third-order valence-electron chi connectivity index (χ3n) is 8.75. The molecule has 13 N–H and O–H groups in total. The number of carboxylic acid groups (broad SMARTS) is 2. The molecule has 2 aromatic heterocycles. The van der Waals surface area contributed by atoms with Crippen molar-refractivity contribution in [3.8, 4) is 0 Å². The third kappa shape index (κ3) is 8.39. The van der Waals surface area contributed by atoms with E-state index in [1.54, 1.807) is 12.1 Å². The summed E-state index contributed by atoms with van der Waals surface area (Å²) in [6, 6.07) is 3.24. The lowest BCUT2D eigenvalue weighted by Crippen LogP contribution is -2.61. The van der Waals surface area contributed by atoms with Crippen LogP contribution in [0, 0.1) is 17.8 Å². The number of nitrogens with two attached hydrogens (primary N) is 2. The molecule has 18 nitrogen and oxygen atoms in total. The molecule has 8 atom stereocenters. The van der Waals surface area contributed by atoms with Crippen molar-refractivity contribution in [2.75, 3.05) is 13.1 Å². The highest BCUT2D eigenvalue weighted by Gasteiger charge is 2.82. The number of hydrogen-bond donors (Lipinski definition) is 11. The van der Waals surface area contributed by atoms with Crippen LogP contribution in [0.15, 0.2) is 40.3 Å². The summed E-state index contributed by atoms with van der Waals surface area (Å²) in [5, 5.41) is 45.4. The van der Waals surface area contributed by atoms with Gasteiger partial charge in [-0.05, 0) is 81.8 Å². The molecule has 2 fully saturated rings. The lowest BCUT2D eigenvalue weighted by molar-refractivity contribution is -0.193. The average molecular weight is 1070 g/mol. The van der Waals surface area contributed by atoms with Crippen LogP contribution in [0.25, 0.3) is 0 Å². The van der Waals surface area contributed by atoms with Crippen LogP contribution in [0.5, 0.6) is 0 Å². The van der Waals surface area contributed by atoms with E-state index in [2.05, 4.69) is 99.6 Å². The molecule has 4 aliphatic rings. The SMILES string of the molecule is NC1=N[C@@H]2N3C(N)=N[C@@H](O)[C@@]34[C@H]([C@H](CNC(=O)c3cc(Br)c(Br)[nH]3)[C@@H](CNC(=O)c3cc(Br)c(Br)[nH]3)[C@@H]4Cl)[C@]2(O)N1.O=C(O)C(F)(F)F.O=C(O)C(F)(F)F. The van der Waals surface area contributed by atoms with Crippen LogP contribution in [0.1, 0.15) is 21.0 Å². The second-order valence-electron chi connectivity index (χ2n) is 11.9. The quantitative estimate of drug-likeness (QED) is 0.146. The van der Waals surface area contributed by atoms with Crippen molar-refractivity contribution in [3.63, 3.8) is 0 Å². The normalized spacial score (nSPS) is 28.9. The topological polar surface area (TPSA) is 297 Å². The van der Waals surface area contributed by atoms with Crippen LogP contribution in [0.4, 0.5) is 26.3 Å². The number of aliphatic hydroxyl groups excluding tert-OH is 1. The first kappa shape index (κ1) is 44.4. The molecule has 0 aromatic carbocycles. The van der Waals surface area contributed by atoms with Gasteiger partial charge in [0.05, 0.1) is 23.5 Å². The maximum atomic E-state index is 13.1. The van der Waals surface area contributed by atoms with E-state index in [9.17, 15) is 46.1 Å². The van der Waals surface area contributed by atoms with Crippen LogP contribution < -0.4 is 27.4 Å². The molecule has 1 saturated carbocycles. The summed E-state index contributed by atoms with van der Waals surface area (Å²) in [7, 11) is 0. The lowest BCUT2D eigenvalue weighted by Gasteiger charge is -2.39. The van der Waals surface area contributed by atoms with Gasteiger partial charge in [-0.3, -0.25) is 9.59 Å². The van der Waals surface area contributed by atoms with Crippen molar-refractivity contribution < 1.29 is 65.9 Å². The zero-order valence-electron chi connectivity index (χ0n) is 26.6. The Morgan fingerprint density at radius 1 is 0.855 bits per heavy atom. The Kier molecular flexibility index (Phi) is 12.8. The molecule has 0 bridgehead atoms. The van der Waals surface area contributed by atoms with Gasteiger partial charge in [0.25, 0.3) is 11.8 Å². The Morgan fingerprint density at radius 3 is 1.65 bits per heavy atom. The predicted octanol–water partition coefficient (Wildman–Crippen LogP) is 1.92. The monoisotopic (exact) mass is 1070 g/mol. The van der Waals surface area contributed by atoms with Gasteiger partial charge in [0, 0.05) is 24.9 Å². The minimum absolute atomic E-state index is 0.0138. The average Bonchev–Trinajstić information content (AvgIpc) is 3.83. The number of guanidine groups is 2. The lowest BCUT2D eigenvalue weighted by atomic mass is 9.77. The Hall–Kier alpha value is -3.31. The van der Waals surface area contributed by atoms with Gasteiger partial charge < -0.3 is 62.7 Å². The van der Waals surface area contributed by atoms with Crippen LogP contribution >= 0.6 is 75.3 Å². The number of fused-ring (bicyclic) bond motifs is 3. The molecule has 6 rings (SSSR count). The van der Waals surface area contributed by atoms with Gasteiger partial charge in [0.15, 0.2) is 30.0 Å². The van der Waals surface area contributed by atoms with Crippen molar-refractivity contribution in [1.29, 1.82) is 0 Å². The summed E-state index contributed by atoms with van der Waals surface area (Å²) in [4.78, 5) is 59.9. The first-order valence-electron chi connectivity index (χ1n) is 14.7. The maximum Gasteiger partial charge on any atom is 0.490 e. The molecule has 55 heavy (non-hydrogen) atoms. The van der Waals surface area contributed by atoms with E-state index in [0.717, 1.165) is 0 Å². The van der Waals surface area contributed by atoms with Crippen molar-refractivity contribution in [3.05, 3.63) is 41.7 Å². The van der Waals surface area contributed by atoms with Crippen LogP contribution in [-0.4, -0.2) is 125 Å². The van der Waals surface area contributed by atoms with Crippen molar-refractivity contribution in [2.24, 2.45) is 39.2 Å². The number of amides is 2. The number of aromatic amines is 2. The molecule has 0 radical (unpaired) electrons. The zero-order chi connectivity index (χ0) is 41.7. The van der Waals surface area contributed by atoms with E-state index in [0.29, 0.717) is 23.8 Å². The Morgan fingerprint density at radius 2 is 1.27 bits per heavy atom. The number of hydrogen-bond acceptors (Lipinski definition) is 12. The highest BCUT2D eigenvalue weighted by Crippen LogP contribution is 2.63. The second-order valence-corrected chi connectivity index (χ2v) is 15.6. The Balaban J connectivity index is 0.000000410. The van der Waals surface area contributed by atoms with Crippen LogP contribution in [-0.2, 0) is 9.59 Å². The van der Waals surface area contributed by atoms with Gasteiger partial charge in [-0.25, -0.2) is 19.6 Å². The number of carbonyl (C=O) groups is 4. The molecule has 1 saturated heterocycles. The van der Waals surface area contributed by atoms with Crippen molar-refractivity contribution >= 4 is 111 Å². The molecule has 1 spiro atoms. The number of rotatable bonds is 6. The number of alkyl halides is 7. The summed E-state index contributed by atoms with van der Waals surface area (Å²) < 4.78 is 66.0. The number of H-pyrrole nitrogens is 2. The minimum Gasteiger partial charge on any atom is -0.475 e. The van der Waals surface area contributed by atoms with Gasteiger partial charge >= 0.3 is 24.3 Å². The number of aromatic nitrogens is 2. The van der Waals surface area contributed by atoms with E-state index in [4.69, 9.17) is 42.9 Å². The molecular weight excluding hydrogens is 1050 g/mol. The molecule has 29 heteroatoms. The Labute approximate surface area is 341 Å². The van der Waals surface area contributed by atoms with E-state index < -0.39 is 82.9 Å². The Bertz CT molecular complexity index is 1870. The van der Waals surface area contributed by atoms with Gasteiger partial charge in [-0.15, -0.1) is 11.6 Å². The third-order valence-corrected chi connectivity index (χ3v) is 13.0. The number of nitrogens with zero attached hydrogens (tertiary/aromatic N) is 3. The number of aliphatic imine (C=N–C) groups is 2. The molecule has 5 heterocycles. The molecule has 304 valence electrons. The largest absolute Gasteiger partial charge is 0.490 e. The van der Waals surface area contributed by atoms with E-state index in [1.165, 1.54) is 4.90 Å². The molecule has 1 aliphatic carbocycles. The van der Waals surface area contributed by atoms with E-state index in [-0.39, 0.29) is 30.7 Å². The smallest absolute Gasteiger partial charge is 0.475 e. The molecular formula is C26H25Br4ClF6N10O8. The van der Waals surface area contributed by atoms with Crippen molar-refractivity contribution in [1.82, 2.24) is 30.8 Å². The fourth-order valence-electron chi connectivity index (χ4n) is 6.75. The molecule has 2 aromatic rings. The second kappa shape index (κ2) is 15.9. The fourth-order valence-corrected chi connectivity index (χ4v) is 8.69. The summed E-state index contributed by atoms with van der Waals surface area (Å²) >= 11 is 20.6. The van der Waals surface area contributed by atoms with Crippen molar-refractivity contribution in [2.45, 2.75) is 41.4 Å². The van der Waals surface area contributed by atoms with Gasteiger partial charge in [-0.2, -0.15) is 26.3 Å². The predicted molar refractivity (Wildman–Crippen MR) is 190 cm³/mol. The summed E-state index contributed by atoms with van der Waals surface area (Å²) in [5.74, 6) is -8.48. The fraction of sp³-hybridized carbons (Fsp3) is 0.462. The van der Waals surface area contributed by atoms with E-state index >= 15 is 0 Å². The van der Waals surface area contributed by atoms with Gasteiger partial charge in [-0.1, -0.05) is 0 Å². The summed E-state index contributed by atoms with van der Waals surface area (Å²) in [6.07, 6.45) is -12.6. The molecule has 0 unspecified atom stereocenters. The van der Waals surface area contributed by atoms with E-state index in [1.807, 2.05) is 0 Å². The zero-order valence-corrected chi connectivity index (χ0v) is 33.7. The maximum absolute atomic E-state index is 13.1. The van der Waals surface area contributed by atoms with Gasteiger partial charge in [0.1, 0.15) is 16.9 Å². The summed E-state index contributed by atoms with van der Waals surface area (Å²) in [5.41, 5.74) is 9.60.